The van der Waals surface area contributed by atoms with Crippen LogP contribution in [0.4, 0.5) is 0 Å². The number of hydrogen-bond acceptors (Lipinski definition) is 1. The molecule has 2 fully saturated rings. The second-order valence-electron chi connectivity index (χ2n) is 7.97. The van der Waals surface area contributed by atoms with E-state index in [1.807, 2.05) is 5.57 Å². The molecule has 1 nitrogen and oxygen atoms in total. The van der Waals surface area contributed by atoms with Gasteiger partial charge in [-0.05, 0) is 80.6 Å². The summed E-state index contributed by atoms with van der Waals surface area (Å²) in [5.41, 5.74) is 5.14. The molecule has 21 heavy (non-hydrogen) atoms. The van der Waals surface area contributed by atoms with Crippen molar-refractivity contribution in [2.45, 2.75) is 78.6 Å². The fraction of sp³-hybridized carbons (Fsp3) is 0.800. The van der Waals surface area contributed by atoms with Gasteiger partial charge < -0.3 is 5.11 Å². The summed E-state index contributed by atoms with van der Waals surface area (Å²) in [4.78, 5) is 0. The molecule has 118 valence electrons. The van der Waals surface area contributed by atoms with Crippen molar-refractivity contribution < 1.29 is 5.11 Å². The summed E-state index contributed by atoms with van der Waals surface area (Å²) in [6.07, 6.45) is 13.2. The molecule has 2 saturated carbocycles. The van der Waals surface area contributed by atoms with Gasteiger partial charge in [-0.15, -0.1) is 0 Å². The Hall–Kier alpha value is -0.720. The zero-order valence-corrected chi connectivity index (χ0v) is 14.1. The summed E-state index contributed by atoms with van der Waals surface area (Å²) in [6, 6.07) is 0. The molecule has 0 spiro atoms. The number of allylic oxidation sites excluding steroid dienone is 3. The number of aliphatic hydroxyl groups excluding tert-OH is 1. The van der Waals surface area contributed by atoms with Crippen molar-refractivity contribution in [3.05, 3.63) is 23.0 Å². The summed E-state index contributed by atoms with van der Waals surface area (Å²) in [6.45, 7) is 7.11. The van der Waals surface area contributed by atoms with Crippen molar-refractivity contribution in [1.29, 1.82) is 0 Å². The van der Waals surface area contributed by atoms with Crippen LogP contribution in [0.15, 0.2) is 23.0 Å². The van der Waals surface area contributed by atoms with E-state index in [0.717, 1.165) is 24.2 Å². The van der Waals surface area contributed by atoms with Crippen molar-refractivity contribution in [2.24, 2.45) is 23.2 Å². The van der Waals surface area contributed by atoms with Gasteiger partial charge >= 0.3 is 0 Å². The highest BCUT2D eigenvalue weighted by Gasteiger charge is 2.50. The SMILES string of the molecule is CCCC[C@@]1(C)/C(=C\O)CCC2C3CCC(C)=C3CCC21. The lowest BCUT2D eigenvalue weighted by atomic mass is 9.52. The molecule has 0 aromatic carbocycles. The number of hydrogen-bond donors (Lipinski definition) is 1. The van der Waals surface area contributed by atoms with E-state index >= 15 is 0 Å². The summed E-state index contributed by atoms with van der Waals surface area (Å²) in [5, 5.41) is 9.77. The van der Waals surface area contributed by atoms with Crippen LogP contribution in [0.3, 0.4) is 0 Å². The highest BCUT2D eigenvalue weighted by Crippen LogP contribution is 2.60. The van der Waals surface area contributed by atoms with Gasteiger partial charge in [-0.3, -0.25) is 0 Å². The van der Waals surface area contributed by atoms with Gasteiger partial charge in [-0.1, -0.05) is 37.8 Å². The molecule has 4 atom stereocenters. The second-order valence-corrected chi connectivity index (χ2v) is 7.97. The van der Waals surface area contributed by atoms with Crippen LogP contribution in [0.1, 0.15) is 78.6 Å². The molecule has 0 aromatic rings. The van der Waals surface area contributed by atoms with Crippen LogP contribution in [0, 0.1) is 23.2 Å². The normalized spacial score (nSPS) is 41.3. The molecule has 0 amide bonds. The third kappa shape index (κ3) is 2.37. The summed E-state index contributed by atoms with van der Waals surface area (Å²) in [5.74, 6) is 2.57. The highest BCUT2D eigenvalue weighted by atomic mass is 16.2. The zero-order valence-electron chi connectivity index (χ0n) is 14.1. The van der Waals surface area contributed by atoms with Crippen LogP contribution >= 0.6 is 0 Å². The predicted octanol–water partition coefficient (Wildman–Crippen LogP) is 6.17. The first-order valence-corrected chi connectivity index (χ1v) is 9.14. The molecule has 3 rings (SSSR count). The summed E-state index contributed by atoms with van der Waals surface area (Å²) < 4.78 is 0. The van der Waals surface area contributed by atoms with Crippen molar-refractivity contribution >= 4 is 0 Å². The minimum Gasteiger partial charge on any atom is -0.516 e. The topological polar surface area (TPSA) is 20.2 Å². The monoisotopic (exact) mass is 288 g/mol. The minimum atomic E-state index is 0.260. The summed E-state index contributed by atoms with van der Waals surface area (Å²) in [7, 11) is 0. The van der Waals surface area contributed by atoms with Gasteiger partial charge in [-0.25, -0.2) is 0 Å². The molecule has 3 aliphatic carbocycles. The number of rotatable bonds is 3. The molecule has 1 heteroatoms. The van der Waals surface area contributed by atoms with Crippen LogP contribution in [-0.2, 0) is 0 Å². The van der Waals surface area contributed by atoms with Crippen LogP contribution in [0.5, 0.6) is 0 Å². The lowest BCUT2D eigenvalue weighted by molar-refractivity contribution is 0.0444. The van der Waals surface area contributed by atoms with Crippen molar-refractivity contribution in [2.75, 3.05) is 0 Å². The molecule has 3 aliphatic rings. The molecule has 0 aromatic heterocycles. The molecule has 3 unspecified atom stereocenters. The molecule has 0 bridgehead atoms. The standard InChI is InChI=1S/C20H32O/c1-4-5-12-20(3)15(13-21)7-9-18-17-8-6-14(2)16(17)10-11-19(18)20/h13,17-19,21H,4-12H2,1-3H3/b15-13-/t17?,18?,19?,20-/m0/s1. The van der Waals surface area contributed by atoms with E-state index in [1.165, 1.54) is 63.2 Å². The van der Waals surface area contributed by atoms with Crippen molar-refractivity contribution in [3.63, 3.8) is 0 Å². The molecular formula is C20H32O. The molecular weight excluding hydrogens is 256 g/mol. The molecule has 0 heterocycles. The van der Waals surface area contributed by atoms with Gasteiger partial charge in [-0.2, -0.15) is 0 Å². The zero-order chi connectivity index (χ0) is 15.0. The largest absolute Gasteiger partial charge is 0.516 e. The van der Waals surface area contributed by atoms with Gasteiger partial charge in [0, 0.05) is 0 Å². The number of unbranched alkanes of at least 4 members (excludes halogenated alkanes) is 1. The Kier molecular flexibility index (Phi) is 4.21. The molecule has 0 radical (unpaired) electrons. The second kappa shape index (κ2) is 5.82. The fourth-order valence-electron chi connectivity index (χ4n) is 5.84. The van der Waals surface area contributed by atoms with E-state index < -0.39 is 0 Å². The lowest BCUT2D eigenvalue weighted by Gasteiger charge is -2.53. The third-order valence-electron chi connectivity index (χ3n) is 7.09. The highest BCUT2D eigenvalue weighted by molar-refractivity contribution is 5.28. The maximum absolute atomic E-state index is 9.77. The van der Waals surface area contributed by atoms with Crippen LogP contribution in [-0.4, -0.2) is 5.11 Å². The Labute approximate surface area is 130 Å². The van der Waals surface area contributed by atoms with E-state index in [0.29, 0.717) is 0 Å². The first-order valence-electron chi connectivity index (χ1n) is 9.14. The lowest BCUT2D eigenvalue weighted by Crippen LogP contribution is -2.44. The minimum absolute atomic E-state index is 0.260. The van der Waals surface area contributed by atoms with Gasteiger partial charge in [0.15, 0.2) is 0 Å². The Balaban J connectivity index is 1.89. The first kappa shape index (κ1) is 15.2. The maximum atomic E-state index is 9.77. The maximum Gasteiger partial charge on any atom is 0.0789 e. The summed E-state index contributed by atoms with van der Waals surface area (Å²) >= 11 is 0. The van der Waals surface area contributed by atoms with Gasteiger partial charge in [0.2, 0.25) is 0 Å². The van der Waals surface area contributed by atoms with Crippen LogP contribution in [0.2, 0.25) is 0 Å². The van der Waals surface area contributed by atoms with E-state index in [2.05, 4.69) is 20.8 Å². The Morgan fingerprint density at radius 1 is 1.19 bits per heavy atom. The van der Waals surface area contributed by atoms with Crippen LogP contribution < -0.4 is 0 Å². The van der Waals surface area contributed by atoms with Crippen molar-refractivity contribution in [3.8, 4) is 0 Å². The predicted molar refractivity (Wildman–Crippen MR) is 89.2 cm³/mol. The van der Waals surface area contributed by atoms with Crippen LogP contribution in [0.25, 0.3) is 0 Å². The smallest absolute Gasteiger partial charge is 0.0789 e. The Morgan fingerprint density at radius 3 is 2.71 bits per heavy atom. The van der Waals surface area contributed by atoms with Gasteiger partial charge in [0.05, 0.1) is 6.26 Å². The average molecular weight is 288 g/mol. The molecule has 0 aliphatic heterocycles. The Bertz CT molecular complexity index is 458. The third-order valence-corrected chi connectivity index (χ3v) is 7.09. The van der Waals surface area contributed by atoms with Crippen molar-refractivity contribution in [1.82, 2.24) is 0 Å². The van der Waals surface area contributed by atoms with E-state index in [9.17, 15) is 5.11 Å². The number of fused-ring (bicyclic) bond motifs is 3. The van der Waals surface area contributed by atoms with Gasteiger partial charge in [0.25, 0.3) is 0 Å². The van der Waals surface area contributed by atoms with E-state index in [4.69, 9.17) is 0 Å². The average Bonchev–Trinajstić information content (AvgIpc) is 2.87. The first-order chi connectivity index (χ1) is 10.1. The molecule has 0 saturated heterocycles. The van der Waals surface area contributed by atoms with Gasteiger partial charge in [0.1, 0.15) is 0 Å². The molecule has 1 N–H and O–H groups in total. The Morgan fingerprint density at radius 2 is 2.00 bits per heavy atom. The fourth-order valence-corrected chi connectivity index (χ4v) is 5.84. The van der Waals surface area contributed by atoms with E-state index in [1.54, 1.807) is 5.57 Å². The van der Waals surface area contributed by atoms with E-state index in [-0.39, 0.29) is 5.41 Å². The number of aliphatic hydroxyl groups is 1. The quantitative estimate of drug-likeness (QED) is 0.486.